The van der Waals surface area contributed by atoms with E-state index in [1.54, 1.807) is 24.3 Å². The fourth-order valence-corrected chi connectivity index (χ4v) is 2.89. The molecule has 0 saturated carbocycles. The van der Waals surface area contributed by atoms with E-state index in [0.717, 1.165) is 13.1 Å². The average Bonchev–Trinajstić information content (AvgIpc) is 2.75. The zero-order valence-electron chi connectivity index (χ0n) is 17.3. The molecule has 0 spiro atoms. The van der Waals surface area contributed by atoms with E-state index in [9.17, 15) is 4.79 Å². The van der Waals surface area contributed by atoms with Gasteiger partial charge in [0.1, 0.15) is 23.0 Å². The minimum absolute atomic E-state index is 0.143. The van der Waals surface area contributed by atoms with Gasteiger partial charge in [0.2, 0.25) is 5.91 Å². The summed E-state index contributed by atoms with van der Waals surface area (Å²) in [5.41, 5.74) is 12.2. The fourth-order valence-electron chi connectivity index (χ4n) is 2.89. The number of hydrogen-bond acceptors (Lipinski definition) is 9. The number of rotatable bonds is 9. The second-order valence-electron chi connectivity index (χ2n) is 6.88. The summed E-state index contributed by atoms with van der Waals surface area (Å²) in [4.78, 5) is 18.0. The molecule has 1 aromatic heterocycles. The van der Waals surface area contributed by atoms with E-state index in [4.69, 9.17) is 20.9 Å². The molecule has 3 rings (SSSR count). The molecule has 10 nitrogen and oxygen atoms in total. The van der Waals surface area contributed by atoms with E-state index in [1.165, 1.54) is 0 Å². The normalized spacial score (nSPS) is 14.5. The molecule has 1 amide bonds. The van der Waals surface area contributed by atoms with Gasteiger partial charge in [-0.05, 0) is 24.3 Å². The Bertz CT molecular complexity index is 942. The van der Waals surface area contributed by atoms with Gasteiger partial charge < -0.3 is 26.3 Å². The van der Waals surface area contributed by atoms with Crippen molar-refractivity contribution in [3.63, 3.8) is 0 Å². The van der Waals surface area contributed by atoms with Crippen LogP contribution in [0.25, 0.3) is 0 Å². The first-order valence-corrected chi connectivity index (χ1v) is 9.98. The minimum atomic E-state index is -0.229. The zero-order chi connectivity index (χ0) is 22.1. The van der Waals surface area contributed by atoms with Crippen LogP contribution in [0.4, 0.5) is 23.0 Å². The lowest BCUT2D eigenvalue weighted by Crippen LogP contribution is -2.37. The Morgan fingerprint density at radius 3 is 2.68 bits per heavy atom. The number of anilines is 2. The quantitative estimate of drug-likeness (QED) is 0.414. The summed E-state index contributed by atoms with van der Waals surface area (Å²) in [6.07, 6.45) is 0.205. The van der Waals surface area contributed by atoms with E-state index in [0.29, 0.717) is 48.5 Å². The molecule has 10 heteroatoms. The van der Waals surface area contributed by atoms with Crippen molar-refractivity contribution in [1.82, 2.24) is 9.88 Å². The Morgan fingerprint density at radius 2 is 1.94 bits per heavy atom. The van der Waals surface area contributed by atoms with Gasteiger partial charge in [-0.2, -0.15) is 0 Å². The van der Waals surface area contributed by atoms with Crippen molar-refractivity contribution in [1.29, 1.82) is 0 Å². The average molecular weight is 425 g/mol. The summed E-state index contributed by atoms with van der Waals surface area (Å²) in [6.45, 7) is 8.00. The van der Waals surface area contributed by atoms with E-state index in [1.807, 2.05) is 12.1 Å². The molecule has 1 fully saturated rings. The number of ether oxygens (including phenoxy) is 2. The number of benzene rings is 1. The van der Waals surface area contributed by atoms with E-state index in [2.05, 4.69) is 32.0 Å². The van der Waals surface area contributed by atoms with Gasteiger partial charge in [-0.1, -0.05) is 18.7 Å². The molecule has 2 aromatic rings. The van der Waals surface area contributed by atoms with Crippen molar-refractivity contribution in [2.45, 2.75) is 6.42 Å². The van der Waals surface area contributed by atoms with E-state index in [-0.39, 0.29) is 24.7 Å². The van der Waals surface area contributed by atoms with Crippen LogP contribution in [0.2, 0.25) is 0 Å². The molecule has 5 N–H and O–H groups in total. The molecule has 1 aliphatic heterocycles. The van der Waals surface area contributed by atoms with Crippen molar-refractivity contribution in [2.24, 2.45) is 16.0 Å². The maximum absolute atomic E-state index is 11.6. The first kappa shape index (κ1) is 22.3. The number of carbonyl (C=O) groups excluding carboxylic acids is 1. The molecule has 1 aromatic carbocycles. The van der Waals surface area contributed by atoms with Gasteiger partial charge in [0.05, 0.1) is 19.8 Å². The Hall–Kier alpha value is -3.34. The highest BCUT2D eigenvalue weighted by atomic mass is 16.5. The number of azo groups is 1. The van der Waals surface area contributed by atoms with Crippen molar-refractivity contribution in [3.8, 4) is 5.75 Å². The van der Waals surface area contributed by atoms with Crippen molar-refractivity contribution < 1.29 is 14.3 Å². The maximum Gasteiger partial charge on any atom is 0.226 e. The van der Waals surface area contributed by atoms with Crippen molar-refractivity contribution in [3.05, 3.63) is 48.7 Å². The number of nitrogens with two attached hydrogens (primary N) is 2. The zero-order valence-corrected chi connectivity index (χ0v) is 17.3. The van der Waals surface area contributed by atoms with Crippen LogP contribution in [-0.2, 0) is 9.53 Å². The standard InChI is InChI=1S/C21H27N7O3/c1-15(14-28-10-12-30-13-11-28)31-18-5-3-2-4-16(18)26-27-17-6-7-19(25-21(17)23)24-20(29)8-9-22/h2-7H,1,8-14,22H2,(H3,23,24,25,29). The van der Waals surface area contributed by atoms with Gasteiger partial charge in [-0.3, -0.25) is 9.69 Å². The summed E-state index contributed by atoms with van der Waals surface area (Å²) < 4.78 is 11.3. The van der Waals surface area contributed by atoms with Crippen LogP contribution in [0.15, 0.2) is 59.0 Å². The second-order valence-corrected chi connectivity index (χ2v) is 6.88. The lowest BCUT2D eigenvalue weighted by molar-refractivity contribution is -0.116. The third-order valence-corrected chi connectivity index (χ3v) is 4.43. The number of nitrogen functional groups attached to an aromatic ring is 1. The highest BCUT2D eigenvalue weighted by molar-refractivity contribution is 5.90. The summed E-state index contributed by atoms with van der Waals surface area (Å²) >= 11 is 0. The summed E-state index contributed by atoms with van der Waals surface area (Å²) in [6, 6.07) is 10.5. The first-order chi connectivity index (χ1) is 15.0. The van der Waals surface area contributed by atoms with Gasteiger partial charge in [0.25, 0.3) is 0 Å². The molecule has 0 radical (unpaired) electrons. The molecular weight excluding hydrogens is 398 g/mol. The molecule has 31 heavy (non-hydrogen) atoms. The summed E-state index contributed by atoms with van der Waals surface area (Å²) in [5.74, 6) is 1.40. The van der Waals surface area contributed by atoms with Crippen LogP contribution in [0.3, 0.4) is 0 Å². The molecule has 1 aliphatic rings. The highest BCUT2D eigenvalue weighted by Gasteiger charge is 2.13. The molecule has 0 unspecified atom stereocenters. The fraction of sp³-hybridized carbons (Fsp3) is 0.333. The number of hydrogen-bond donors (Lipinski definition) is 3. The number of amides is 1. The van der Waals surface area contributed by atoms with Crippen LogP contribution in [-0.4, -0.2) is 55.2 Å². The minimum Gasteiger partial charge on any atom is -0.459 e. The lowest BCUT2D eigenvalue weighted by Gasteiger charge is -2.27. The van der Waals surface area contributed by atoms with Gasteiger partial charge in [-0.25, -0.2) is 4.98 Å². The first-order valence-electron chi connectivity index (χ1n) is 9.98. The molecule has 0 atom stereocenters. The van der Waals surface area contributed by atoms with Gasteiger partial charge >= 0.3 is 0 Å². The molecule has 164 valence electrons. The van der Waals surface area contributed by atoms with Crippen LogP contribution in [0, 0.1) is 0 Å². The van der Waals surface area contributed by atoms with Crippen LogP contribution < -0.4 is 21.5 Å². The smallest absolute Gasteiger partial charge is 0.226 e. The molecule has 1 saturated heterocycles. The lowest BCUT2D eigenvalue weighted by atomic mass is 10.3. The van der Waals surface area contributed by atoms with Gasteiger partial charge in [-0.15, -0.1) is 10.2 Å². The monoisotopic (exact) mass is 425 g/mol. The summed E-state index contributed by atoms with van der Waals surface area (Å²) in [5, 5.41) is 11.1. The second kappa shape index (κ2) is 11.2. The number of para-hydroxylation sites is 1. The summed E-state index contributed by atoms with van der Waals surface area (Å²) in [7, 11) is 0. The Labute approximate surface area is 180 Å². The number of morpholine rings is 1. The maximum atomic E-state index is 11.6. The van der Waals surface area contributed by atoms with Crippen LogP contribution in [0.5, 0.6) is 5.75 Å². The number of pyridine rings is 1. The number of carbonyl (C=O) groups is 1. The SMILES string of the molecule is C=C(CN1CCOCC1)Oc1ccccc1N=Nc1ccc(NC(=O)CCN)nc1N. The Kier molecular flexibility index (Phi) is 8.05. The molecule has 0 bridgehead atoms. The van der Waals surface area contributed by atoms with E-state index >= 15 is 0 Å². The third kappa shape index (κ3) is 6.85. The molecule has 2 heterocycles. The highest BCUT2D eigenvalue weighted by Crippen LogP contribution is 2.31. The van der Waals surface area contributed by atoms with Crippen LogP contribution >= 0.6 is 0 Å². The van der Waals surface area contributed by atoms with Gasteiger partial charge in [0, 0.05) is 26.1 Å². The topological polar surface area (TPSA) is 140 Å². The Balaban J connectivity index is 1.65. The molecular formula is C21H27N7O3. The van der Waals surface area contributed by atoms with Crippen molar-refractivity contribution >= 4 is 28.9 Å². The Morgan fingerprint density at radius 1 is 1.19 bits per heavy atom. The van der Waals surface area contributed by atoms with Crippen molar-refractivity contribution in [2.75, 3.05) is 50.4 Å². The molecule has 0 aliphatic carbocycles. The van der Waals surface area contributed by atoms with Crippen LogP contribution in [0.1, 0.15) is 6.42 Å². The number of aromatic nitrogens is 1. The predicted molar refractivity (Wildman–Crippen MR) is 119 cm³/mol. The van der Waals surface area contributed by atoms with Gasteiger partial charge in [0.15, 0.2) is 11.6 Å². The number of nitrogens with zero attached hydrogens (tertiary/aromatic N) is 4. The number of nitrogens with one attached hydrogen (secondary N) is 1. The van der Waals surface area contributed by atoms with E-state index < -0.39 is 0 Å². The predicted octanol–water partition coefficient (Wildman–Crippen LogP) is 2.59. The third-order valence-electron chi connectivity index (χ3n) is 4.43. The largest absolute Gasteiger partial charge is 0.459 e.